The number of piperidine rings is 1. The first kappa shape index (κ1) is 19.1. The van der Waals surface area contributed by atoms with Crippen molar-refractivity contribution < 1.29 is 22.7 Å². The predicted molar refractivity (Wildman–Crippen MR) is 89.8 cm³/mol. The van der Waals surface area contributed by atoms with Crippen molar-refractivity contribution in [1.29, 1.82) is 0 Å². The molecule has 1 aromatic rings. The van der Waals surface area contributed by atoms with E-state index in [0.717, 1.165) is 25.1 Å². The van der Waals surface area contributed by atoms with Gasteiger partial charge in [-0.2, -0.15) is 13.2 Å². The highest BCUT2D eigenvalue weighted by molar-refractivity contribution is 5.94. The molecule has 1 amide bonds. The number of likely N-dealkylation sites (tertiary alicyclic amines) is 1. The Morgan fingerprint density at radius 1 is 1.35 bits per heavy atom. The summed E-state index contributed by atoms with van der Waals surface area (Å²) in [5, 5.41) is 0. The molecule has 3 rings (SSSR count). The molecule has 0 aromatic carbocycles. The van der Waals surface area contributed by atoms with Crippen LogP contribution in [0.5, 0.6) is 0 Å². The molecule has 144 valence electrons. The van der Waals surface area contributed by atoms with Crippen LogP contribution in [0.3, 0.4) is 0 Å². The van der Waals surface area contributed by atoms with Gasteiger partial charge in [-0.15, -0.1) is 0 Å². The van der Waals surface area contributed by atoms with Gasteiger partial charge in [0.05, 0.1) is 5.60 Å². The largest absolute Gasteiger partial charge is 0.433 e. The number of nitrogens with zero attached hydrogens (tertiary/aromatic N) is 3. The van der Waals surface area contributed by atoms with Crippen molar-refractivity contribution in [1.82, 2.24) is 14.8 Å². The van der Waals surface area contributed by atoms with Gasteiger partial charge in [-0.05, 0) is 51.9 Å². The summed E-state index contributed by atoms with van der Waals surface area (Å²) < 4.78 is 44.5. The van der Waals surface area contributed by atoms with Crippen LogP contribution in [0.2, 0.25) is 0 Å². The Morgan fingerprint density at radius 3 is 2.65 bits per heavy atom. The fraction of sp³-hybridized carbons (Fsp3) is 0.667. The summed E-state index contributed by atoms with van der Waals surface area (Å²) >= 11 is 0. The number of alkyl halides is 3. The van der Waals surface area contributed by atoms with Crippen molar-refractivity contribution in [3.8, 4) is 0 Å². The molecular weight excluding hydrogens is 347 g/mol. The molecule has 5 nitrogen and oxygen atoms in total. The third-order valence-corrected chi connectivity index (χ3v) is 5.46. The number of carbonyl (C=O) groups is 1. The highest BCUT2D eigenvalue weighted by Crippen LogP contribution is 2.36. The SMILES string of the molecule is CN(C)C1CCOC2(CCN(C(=O)c3ccnc(C(F)(F)F)c3)CC2)C1. The second-order valence-electron chi connectivity index (χ2n) is 7.36. The van der Waals surface area contributed by atoms with Gasteiger partial charge in [0.15, 0.2) is 0 Å². The summed E-state index contributed by atoms with van der Waals surface area (Å²) in [4.78, 5) is 19.7. The summed E-state index contributed by atoms with van der Waals surface area (Å²) in [6.45, 7) is 1.68. The first-order valence-corrected chi connectivity index (χ1v) is 8.83. The fourth-order valence-corrected chi connectivity index (χ4v) is 3.81. The molecule has 0 N–H and O–H groups in total. The van der Waals surface area contributed by atoms with Crippen LogP contribution < -0.4 is 0 Å². The van der Waals surface area contributed by atoms with Gasteiger partial charge >= 0.3 is 6.18 Å². The maximum Gasteiger partial charge on any atom is 0.433 e. The lowest BCUT2D eigenvalue weighted by Crippen LogP contribution is -2.53. The molecule has 0 bridgehead atoms. The molecule has 0 radical (unpaired) electrons. The standard InChI is InChI=1S/C18H24F3N3O2/c1-23(2)14-4-10-26-17(12-14)5-8-24(9-6-17)16(25)13-3-7-22-15(11-13)18(19,20)21/h3,7,11,14H,4-6,8-10,12H2,1-2H3. The third-order valence-electron chi connectivity index (χ3n) is 5.46. The number of ether oxygens (including phenoxy) is 1. The van der Waals surface area contributed by atoms with Crippen molar-refractivity contribution in [3.63, 3.8) is 0 Å². The maximum atomic E-state index is 12.8. The lowest BCUT2D eigenvalue weighted by Gasteiger charge is -2.47. The predicted octanol–water partition coefficient (Wildman–Crippen LogP) is 2.82. The Kier molecular flexibility index (Phi) is 5.25. The topological polar surface area (TPSA) is 45.7 Å². The number of amides is 1. The Morgan fingerprint density at radius 2 is 2.04 bits per heavy atom. The number of pyridine rings is 1. The van der Waals surface area contributed by atoms with Crippen molar-refractivity contribution in [2.75, 3.05) is 33.8 Å². The van der Waals surface area contributed by atoms with Crippen LogP contribution in [0.15, 0.2) is 18.3 Å². The second kappa shape index (κ2) is 7.15. The molecule has 26 heavy (non-hydrogen) atoms. The van der Waals surface area contributed by atoms with Crippen LogP contribution in [0.1, 0.15) is 41.7 Å². The summed E-state index contributed by atoms with van der Waals surface area (Å²) in [5.74, 6) is -0.382. The van der Waals surface area contributed by atoms with Crippen molar-refractivity contribution in [2.45, 2.75) is 43.5 Å². The van der Waals surface area contributed by atoms with Crippen LogP contribution in [-0.2, 0) is 10.9 Å². The highest BCUT2D eigenvalue weighted by atomic mass is 19.4. The van der Waals surface area contributed by atoms with E-state index in [4.69, 9.17) is 4.74 Å². The monoisotopic (exact) mass is 371 g/mol. The summed E-state index contributed by atoms with van der Waals surface area (Å²) in [7, 11) is 4.12. The van der Waals surface area contributed by atoms with Gasteiger partial charge < -0.3 is 14.5 Å². The minimum atomic E-state index is -4.56. The van der Waals surface area contributed by atoms with E-state index in [-0.39, 0.29) is 17.1 Å². The van der Waals surface area contributed by atoms with E-state index in [1.54, 1.807) is 4.90 Å². The van der Waals surface area contributed by atoms with Crippen LogP contribution in [0.25, 0.3) is 0 Å². The molecule has 1 spiro atoms. The zero-order valence-electron chi connectivity index (χ0n) is 15.1. The molecule has 2 saturated heterocycles. The zero-order chi connectivity index (χ0) is 18.9. The molecule has 1 atom stereocenters. The van der Waals surface area contributed by atoms with Crippen LogP contribution >= 0.6 is 0 Å². The Bertz CT molecular complexity index is 655. The average molecular weight is 371 g/mol. The van der Waals surface area contributed by atoms with Gasteiger partial charge in [0.2, 0.25) is 0 Å². The smallest absolute Gasteiger partial charge is 0.375 e. The van der Waals surface area contributed by atoms with E-state index >= 15 is 0 Å². The molecule has 2 aliphatic rings. The molecule has 2 aliphatic heterocycles. The Hall–Kier alpha value is -1.67. The number of hydrogen-bond donors (Lipinski definition) is 0. The number of halogens is 3. The average Bonchev–Trinajstić information content (AvgIpc) is 2.61. The van der Waals surface area contributed by atoms with Gasteiger partial charge in [-0.3, -0.25) is 9.78 Å². The van der Waals surface area contributed by atoms with Crippen LogP contribution in [0, 0.1) is 0 Å². The van der Waals surface area contributed by atoms with Crippen molar-refractivity contribution in [3.05, 3.63) is 29.6 Å². The Balaban J connectivity index is 1.66. The van der Waals surface area contributed by atoms with Crippen molar-refractivity contribution >= 4 is 5.91 Å². The summed E-state index contributed by atoms with van der Waals surface area (Å²) in [5.41, 5.74) is -1.24. The van der Waals surface area contributed by atoms with E-state index in [1.807, 2.05) is 0 Å². The van der Waals surface area contributed by atoms with E-state index in [2.05, 4.69) is 24.0 Å². The maximum absolute atomic E-state index is 12.8. The van der Waals surface area contributed by atoms with E-state index in [1.165, 1.54) is 6.07 Å². The normalized spacial score (nSPS) is 23.5. The molecular formula is C18H24F3N3O2. The highest BCUT2D eigenvalue weighted by Gasteiger charge is 2.42. The number of rotatable bonds is 2. The lowest BCUT2D eigenvalue weighted by atomic mass is 9.82. The fourth-order valence-electron chi connectivity index (χ4n) is 3.81. The molecule has 1 unspecified atom stereocenters. The molecule has 0 saturated carbocycles. The second-order valence-corrected chi connectivity index (χ2v) is 7.36. The molecule has 1 aromatic heterocycles. The summed E-state index contributed by atoms with van der Waals surface area (Å²) in [6.07, 6.45) is -0.183. The van der Waals surface area contributed by atoms with Crippen LogP contribution in [-0.4, -0.2) is 66.1 Å². The Labute approximate surface area is 151 Å². The first-order chi connectivity index (χ1) is 12.2. The zero-order valence-corrected chi connectivity index (χ0v) is 15.1. The molecule has 3 heterocycles. The third kappa shape index (κ3) is 4.01. The van der Waals surface area contributed by atoms with Gasteiger partial charge in [0.25, 0.3) is 5.91 Å². The van der Waals surface area contributed by atoms with E-state index < -0.39 is 11.9 Å². The molecule has 2 fully saturated rings. The van der Waals surface area contributed by atoms with Gasteiger partial charge in [0, 0.05) is 37.5 Å². The van der Waals surface area contributed by atoms with Crippen molar-refractivity contribution in [2.24, 2.45) is 0 Å². The minimum Gasteiger partial charge on any atom is -0.375 e. The minimum absolute atomic E-state index is 0.0269. The molecule has 8 heteroatoms. The first-order valence-electron chi connectivity index (χ1n) is 8.83. The van der Waals surface area contributed by atoms with Gasteiger partial charge in [-0.1, -0.05) is 0 Å². The van der Waals surface area contributed by atoms with Crippen LogP contribution in [0.4, 0.5) is 13.2 Å². The number of carbonyl (C=O) groups excluding carboxylic acids is 1. The summed E-state index contributed by atoms with van der Waals surface area (Å²) in [6, 6.07) is 2.62. The van der Waals surface area contributed by atoms with E-state index in [9.17, 15) is 18.0 Å². The quantitative estimate of drug-likeness (QED) is 0.802. The van der Waals surface area contributed by atoms with E-state index in [0.29, 0.717) is 38.6 Å². The lowest BCUT2D eigenvalue weighted by molar-refractivity contribution is -0.141. The number of hydrogen-bond acceptors (Lipinski definition) is 4. The van der Waals surface area contributed by atoms with Gasteiger partial charge in [-0.25, -0.2) is 0 Å². The molecule has 0 aliphatic carbocycles. The number of aromatic nitrogens is 1. The van der Waals surface area contributed by atoms with Gasteiger partial charge in [0.1, 0.15) is 5.69 Å².